The van der Waals surface area contributed by atoms with E-state index in [2.05, 4.69) is 20.9 Å². The number of hydrogen-bond donors (Lipinski definition) is 4. The summed E-state index contributed by atoms with van der Waals surface area (Å²) in [6, 6.07) is 6.42. The quantitative estimate of drug-likeness (QED) is 0.441. The van der Waals surface area contributed by atoms with E-state index in [4.69, 9.17) is 11.6 Å². The Morgan fingerprint density at radius 1 is 1.23 bits per heavy atom. The number of halogens is 3. The second-order valence-corrected chi connectivity index (χ2v) is 10.3. The average Bonchev–Trinajstić information content (AvgIpc) is 3.56. The number of aromatic amines is 1. The molecule has 1 aliphatic heterocycles. The van der Waals surface area contributed by atoms with Crippen molar-refractivity contribution in [3.63, 3.8) is 0 Å². The Morgan fingerprint density at radius 3 is 2.57 bits per heavy atom. The van der Waals surface area contributed by atoms with Gasteiger partial charge in [-0.1, -0.05) is 23.7 Å². The van der Waals surface area contributed by atoms with Crippen LogP contribution in [0.3, 0.4) is 0 Å². The minimum Gasteiger partial charge on any atom is -0.350 e. The van der Waals surface area contributed by atoms with E-state index in [0.29, 0.717) is 22.3 Å². The van der Waals surface area contributed by atoms with Gasteiger partial charge >= 0.3 is 0 Å². The number of hydrogen-bond acceptors (Lipinski definition) is 4. The zero-order valence-corrected chi connectivity index (χ0v) is 19.4. The smallest absolute Gasteiger partial charge is 0.268 e. The summed E-state index contributed by atoms with van der Waals surface area (Å²) in [6.07, 6.45) is 1.91. The number of alkyl halides is 2. The minimum atomic E-state index is -2.88. The highest BCUT2D eigenvalue weighted by Gasteiger charge is 2.57. The van der Waals surface area contributed by atoms with Gasteiger partial charge in [-0.3, -0.25) is 14.4 Å². The minimum absolute atomic E-state index is 0.122. The maximum atomic E-state index is 13.6. The summed E-state index contributed by atoms with van der Waals surface area (Å²) in [6.45, 7) is 0. The molecule has 4 atom stereocenters. The highest BCUT2D eigenvalue weighted by Crippen LogP contribution is 2.51. The van der Waals surface area contributed by atoms with Gasteiger partial charge in [0.2, 0.25) is 11.8 Å². The number of para-hydroxylation sites is 1. The van der Waals surface area contributed by atoms with Gasteiger partial charge in [0.25, 0.3) is 11.8 Å². The Bertz CT molecular complexity index is 1250. The highest BCUT2D eigenvalue weighted by atomic mass is 35.5. The van der Waals surface area contributed by atoms with E-state index in [-0.39, 0.29) is 36.4 Å². The van der Waals surface area contributed by atoms with Gasteiger partial charge in [-0.15, -0.1) is 0 Å². The maximum Gasteiger partial charge on any atom is 0.268 e. The molecule has 35 heavy (non-hydrogen) atoms. The predicted octanol–water partition coefficient (Wildman–Crippen LogP) is 3.03. The molecule has 2 heterocycles. The molecule has 5 rings (SSSR count). The standard InChI is InChI=1S/C24H24ClF2N5O3/c25-16-3-1-2-12-7-17(30-19(12)16)22(35)31-18(8-14-10-24(14,26)27)21(34)29-15(11-28)6-13-9-23(4-5-23)32-20(13)33/h1-3,7,13-15,18,30H,4-6,8-10H2,(H,29,34)(H,31,35)(H,32,33)/t13-,14?,15+,18+/m1/s1. The first-order valence-corrected chi connectivity index (χ1v) is 11.9. The molecule has 1 spiro atoms. The fourth-order valence-corrected chi connectivity index (χ4v) is 5.10. The number of benzene rings is 1. The number of rotatable bonds is 8. The fraction of sp³-hybridized carbons (Fsp3) is 0.500. The average molecular weight is 504 g/mol. The molecule has 8 nitrogen and oxygen atoms in total. The molecule has 184 valence electrons. The third-order valence-corrected chi connectivity index (χ3v) is 7.51. The number of nitriles is 1. The molecule has 2 saturated carbocycles. The van der Waals surface area contributed by atoms with Crippen molar-refractivity contribution in [1.82, 2.24) is 20.9 Å². The number of nitrogens with zero attached hydrogens (tertiary/aromatic N) is 1. The van der Waals surface area contributed by atoms with Crippen molar-refractivity contribution in [3.05, 3.63) is 35.0 Å². The summed E-state index contributed by atoms with van der Waals surface area (Å²) in [5.74, 6) is -5.85. The molecule has 1 aromatic heterocycles. The second-order valence-electron chi connectivity index (χ2n) is 9.91. The molecule has 4 N–H and O–H groups in total. The van der Waals surface area contributed by atoms with Crippen LogP contribution in [0.4, 0.5) is 8.78 Å². The Hall–Kier alpha value is -3.19. The Kier molecular flexibility index (Phi) is 5.71. The lowest BCUT2D eigenvalue weighted by Gasteiger charge is -2.21. The second kappa shape index (κ2) is 8.48. The van der Waals surface area contributed by atoms with Gasteiger partial charge in [0.1, 0.15) is 17.8 Å². The van der Waals surface area contributed by atoms with E-state index in [1.54, 1.807) is 24.3 Å². The van der Waals surface area contributed by atoms with Gasteiger partial charge in [0, 0.05) is 29.2 Å². The van der Waals surface area contributed by atoms with Crippen molar-refractivity contribution in [2.45, 2.75) is 62.1 Å². The van der Waals surface area contributed by atoms with Crippen LogP contribution in [0.5, 0.6) is 0 Å². The molecule has 1 unspecified atom stereocenters. The molecular weight excluding hydrogens is 480 g/mol. The lowest BCUT2D eigenvalue weighted by Crippen LogP contribution is -2.50. The topological polar surface area (TPSA) is 127 Å². The molecule has 2 aliphatic carbocycles. The van der Waals surface area contributed by atoms with Crippen LogP contribution in [0.1, 0.15) is 49.0 Å². The van der Waals surface area contributed by atoms with Crippen molar-refractivity contribution >= 4 is 40.2 Å². The molecule has 0 radical (unpaired) electrons. The summed E-state index contributed by atoms with van der Waals surface area (Å²) in [7, 11) is 0. The first-order valence-electron chi connectivity index (χ1n) is 11.6. The summed E-state index contributed by atoms with van der Waals surface area (Å²) in [5.41, 5.74) is 0.506. The molecule has 3 amide bonds. The highest BCUT2D eigenvalue weighted by molar-refractivity contribution is 6.35. The molecule has 0 bridgehead atoms. The lowest BCUT2D eigenvalue weighted by molar-refractivity contribution is -0.125. The third-order valence-electron chi connectivity index (χ3n) is 7.19. The summed E-state index contributed by atoms with van der Waals surface area (Å²) in [4.78, 5) is 41.0. The fourth-order valence-electron chi connectivity index (χ4n) is 4.87. The largest absolute Gasteiger partial charge is 0.350 e. The van der Waals surface area contributed by atoms with E-state index in [1.807, 2.05) is 6.07 Å². The van der Waals surface area contributed by atoms with Crippen LogP contribution >= 0.6 is 11.6 Å². The number of H-pyrrole nitrogens is 1. The van der Waals surface area contributed by atoms with Crippen LogP contribution in [0.25, 0.3) is 10.9 Å². The number of amides is 3. The number of fused-ring (bicyclic) bond motifs is 1. The Morgan fingerprint density at radius 2 is 1.97 bits per heavy atom. The van der Waals surface area contributed by atoms with Crippen LogP contribution in [-0.2, 0) is 9.59 Å². The molecule has 1 saturated heterocycles. The molecular formula is C24H24ClF2N5O3. The number of carbonyl (C=O) groups is 3. The molecule has 1 aromatic carbocycles. The van der Waals surface area contributed by atoms with Gasteiger partial charge in [-0.2, -0.15) is 5.26 Å². The SMILES string of the molecule is N#C[C@H](C[C@@H]1CC2(CC2)NC1=O)NC(=O)[C@H](CC1CC1(F)F)NC(=O)c1cc2cccc(Cl)c2[nH]1. The monoisotopic (exact) mass is 503 g/mol. The number of carbonyl (C=O) groups excluding carboxylic acids is 3. The molecule has 3 aliphatic rings. The summed E-state index contributed by atoms with van der Waals surface area (Å²) >= 11 is 6.15. The van der Waals surface area contributed by atoms with Crippen molar-refractivity contribution < 1.29 is 23.2 Å². The molecule has 3 fully saturated rings. The van der Waals surface area contributed by atoms with E-state index in [0.717, 1.165) is 12.8 Å². The Balaban J connectivity index is 1.27. The first kappa shape index (κ1) is 23.5. The van der Waals surface area contributed by atoms with Gasteiger partial charge in [0.15, 0.2) is 0 Å². The van der Waals surface area contributed by atoms with Gasteiger partial charge in [-0.05, 0) is 44.2 Å². The lowest BCUT2D eigenvalue weighted by atomic mass is 9.95. The first-order chi connectivity index (χ1) is 16.6. The van der Waals surface area contributed by atoms with Crippen LogP contribution in [-0.4, -0.2) is 46.3 Å². The van der Waals surface area contributed by atoms with E-state index < -0.39 is 41.7 Å². The van der Waals surface area contributed by atoms with Crippen LogP contribution in [0, 0.1) is 23.2 Å². The normalized spacial score (nSPS) is 24.9. The summed E-state index contributed by atoms with van der Waals surface area (Å²) < 4.78 is 27.2. The zero-order valence-electron chi connectivity index (χ0n) is 18.7. The summed E-state index contributed by atoms with van der Waals surface area (Å²) in [5, 5.41) is 18.7. The van der Waals surface area contributed by atoms with Gasteiger partial charge in [-0.25, -0.2) is 8.78 Å². The van der Waals surface area contributed by atoms with Crippen LogP contribution < -0.4 is 16.0 Å². The number of nitrogens with one attached hydrogen (secondary N) is 4. The van der Waals surface area contributed by atoms with Crippen molar-refractivity contribution in [2.24, 2.45) is 11.8 Å². The van der Waals surface area contributed by atoms with Crippen molar-refractivity contribution in [1.29, 1.82) is 5.26 Å². The molecule has 11 heteroatoms. The van der Waals surface area contributed by atoms with E-state index >= 15 is 0 Å². The van der Waals surface area contributed by atoms with E-state index in [9.17, 15) is 28.4 Å². The molecule has 2 aromatic rings. The van der Waals surface area contributed by atoms with Gasteiger partial charge in [0.05, 0.1) is 16.6 Å². The zero-order chi connectivity index (χ0) is 25.0. The van der Waals surface area contributed by atoms with Crippen LogP contribution in [0.15, 0.2) is 24.3 Å². The maximum absolute atomic E-state index is 13.6. The van der Waals surface area contributed by atoms with Gasteiger partial charge < -0.3 is 20.9 Å². The third kappa shape index (κ3) is 4.82. The van der Waals surface area contributed by atoms with Crippen molar-refractivity contribution in [3.8, 4) is 6.07 Å². The number of aromatic nitrogens is 1. The van der Waals surface area contributed by atoms with E-state index in [1.165, 1.54) is 0 Å². The van der Waals surface area contributed by atoms with Crippen LogP contribution in [0.2, 0.25) is 5.02 Å². The predicted molar refractivity (Wildman–Crippen MR) is 123 cm³/mol. The Labute approximate surface area is 204 Å². The van der Waals surface area contributed by atoms with Crippen molar-refractivity contribution in [2.75, 3.05) is 0 Å².